The van der Waals surface area contributed by atoms with Gasteiger partial charge >= 0.3 is 6.36 Å². The highest BCUT2D eigenvalue weighted by Gasteiger charge is 2.34. The summed E-state index contributed by atoms with van der Waals surface area (Å²) in [6, 6.07) is 0.570. The van der Waals surface area contributed by atoms with Crippen LogP contribution in [0.1, 0.15) is 17.7 Å². The minimum Gasteiger partial charge on any atom is -0.478 e. The van der Waals surface area contributed by atoms with Crippen LogP contribution in [0.2, 0.25) is 0 Å². The zero-order chi connectivity index (χ0) is 13.9. The standard InChI is InChI=1S/C9H7BrF5NO2/c1-17-8-6(18-9(13,14)15)2-4(7(11)12)5(3-10)16-8/h2,7H,3H2,1H3. The Kier molecular flexibility index (Phi) is 4.71. The Bertz CT molecular complexity index is 424. The second-order valence-electron chi connectivity index (χ2n) is 3.01. The van der Waals surface area contributed by atoms with Crippen LogP contribution >= 0.6 is 15.9 Å². The molecular formula is C9H7BrF5NO2. The first-order chi connectivity index (χ1) is 8.28. The monoisotopic (exact) mass is 335 g/mol. The molecule has 9 heteroatoms. The summed E-state index contributed by atoms with van der Waals surface area (Å²) >= 11 is 2.91. The molecular weight excluding hydrogens is 329 g/mol. The second-order valence-corrected chi connectivity index (χ2v) is 3.57. The van der Waals surface area contributed by atoms with Gasteiger partial charge in [0.05, 0.1) is 12.8 Å². The summed E-state index contributed by atoms with van der Waals surface area (Å²) in [5.41, 5.74) is -0.761. The van der Waals surface area contributed by atoms with Gasteiger partial charge in [0.25, 0.3) is 12.3 Å². The molecule has 0 aromatic carbocycles. The molecule has 0 saturated heterocycles. The molecule has 0 unspecified atom stereocenters. The van der Waals surface area contributed by atoms with E-state index in [9.17, 15) is 22.0 Å². The van der Waals surface area contributed by atoms with E-state index in [0.29, 0.717) is 6.07 Å². The molecule has 0 aliphatic carbocycles. The fraction of sp³-hybridized carbons (Fsp3) is 0.444. The number of alkyl halides is 6. The molecule has 18 heavy (non-hydrogen) atoms. The van der Waals surface area contributed by atoms with Crippen LogP contribution in [-0.4, -0.2) is 18.5 Å². The lowest BCUT2D eigenvalue weighted by molar-refractivity contribution is -0.275. The maximum atomic E-state index is 12.6. The van der Waals surface area contributed by atoms with Gasteiger partial charge in [-0.05, 0) is 6.07 Å². The van der Waals surface area contributed by atoms with E-state index < -0.39 is 30.0 Å². The Morgan fingerprint density at radius 3 is 2.39 bits per heavy atom. The second kappa shape index (κ2) is 5.68. The number of hydrogen-bond donors (Lipinski definition) is 0. The Labute approximate surface area is 107 Å². The lowest BCUT2D eigenvalue weighted by Crippen LogP contribution is -2.18. The predicted molar refractivity (Wildman–Crippen MR) is 55.1 cm³/mol. The van der Waals surface area contributed by atoms with Crippen molar-refractivity contribution in [3.63, 3.8) is 0 Å². The summed E-state index contributed by atoms with van der Waals surface area (Å²) in [6.07, 6.45) is -7.98. The molecule has 1 heterocycles. The number of aromatic nitrogens is 1. The van der Waals surface area contributed by atoms with Gasteiger partial charge in [0.15, 0.2) is 5.75 Å². The lowest BCUT2D eigenvalue weighted by atomic mass is 10.2. The highest BCUT2D eigenvalue weighted by Crippen LogP contribution is 2.36. The summed E-state index contributed by atoms with van der Waals surface area (Å²) in [6.45, 7) is 0. The third kappa shape index (κ3) is 3.69. The van der Waals surface area contributed by atoms with Crippen molar-refractivity contribution in [2.45, 2.75) is 18.1 Å². The Morgan fingerprint density at radius 1 is 1.39 bits per heavy atom. The normalized spacial score (nSPS) is 11.8. The topological polar surface area (TPSA) is 31.4 Å². The average Bonchev–Trinajstić information content (AvgIpc) is 2.26. The summed E-state index contributed by atoms with van der Waals surface area (Å²) in [4.78, 5) is 3.54. The van der Waals surface area contributed by atoms with Gasteiger partial charge in [0, 0.05) is 10.9 Å². The summed E-state index contributed by atoms with van der Waals surface area (Å²) in [5, 5.41) is -0.0463. The molecule has 0 aliphatic heterocycles. The van der Waals surface area contributed by atoms with Crippen LogP contribution in [-0.2, 0) is 5.33 Å². The first-order valence-corrected chi connectivity index (χ1v) is 5.58. The quantitative estimate of drug-likeness (QED) is 0.619. The number of nitrogens with zero attached hydrogens (tertiary/aromatic N) is 1. The van der Waals surface area contributed by atoms with Crippen molar-refractivity contribution in [2.24, 2.45) is 0 Å². The predicted octanol–water partition coefficient (Wildman–Crippen LogP) is 3.82. The molecule has 0 radical (unpaired) electrons. The third-order valence-corrected chi connectivity index (χ3v) is 2.38. The molecule has 0 bridgehead atoms. The van der Waals surface area contributed by atoms with Crippen molar-refractivity contribution in [1.82, 2.24) is 4.98 Å². The highest BCUT2D eigenvalue weighted by atomic mass is 79.9. The van der Waals surface area contributed by atoms with Crippen molar-refractivity contribution >= 4 is 15.9 Å². The Morgan fingerprint density at radius 2 is 2.00 bits per heavy atom. The van der Waals surface area contributed by atoms with Crippen molar-refractivity contribution in [2.75, 3.05) is 7.11 Å². The van der Waals surface area contributed by atoms with E-state index in [0.717, 1.165) is 7.11 Å². The smallest absolute Gasteiger partial charge is 0.478 e. The molecule has 0 spiro atoms. The van der Waals surface area contributed by atoms with E-state index in [1.165, 1.54) is 0 Å². The van der Waals surface area contributed by atoms with Crippen molar-refractivity contribution in [3.05, 3.63) is 17.3 Å². The molecule has 1 aromatic rings. The number of pyridine rings is 1. The van der Waals surface area contributed by atoms with Gasteiger partial charge in [0.2, 0.25) is 0 Å². The molecule has 0 atom stereocenters. The molecule has 1 aromatic heterocycles. The summed E-state index contributed by atoms with van der Waals surface area (Å²) < 4.78 is 69.6. The van der Waals surface area contributed by atoms with E-state index in [4.69, 9.17) is 0 Å². The number of halogens is 6. The van der Waals surface area contributed by atoms with Gasteiger partial charge < -0.3 is 9.47 Å². The molecule has 0 fully saturated rings. The van der Waals surface area contributed by atoms with Gasteiger partial charge in [-0.2, -0.15) is 0 Å². The molecule has 0 amide bonds. The maximum absolute atomic E-state index is 12.6. The van der Waals surface area contributed by atoms with Crippen LogP contribution in [0.5, 0.6) is 11.6 Å². The van der Waals surface area contributed by atoms with E-state index in [1.807, 2.05) is 0 Å². The van der Waals surface area contributed by atoms with E-state index >= 15 is 0 Å². The van der Waals surface area contributed by atoms with E-state index in [-0.39, 0.29) is 11.0 Å². The van der Waals surface area contributed by atoms with Crippen LogP contribution in [0, 0.1) is 0 Å². The van der Waals surface area contributed by atoms with Crippen LogP contribution in [0.15, 0.2) is 6.07 Å². The van der Waals surface area contributed by atoms with Crippen molar-refractivity contribution < 1.29 is 31.4 Å². The fourth-order valence-electron chi connectivity index (χ4n) is 1.17. The number of methoxy groups -OCH3 is 1. The SMILES string of the molecule is COc1nc(CBr)c(C(F)F)cc1OC(F)(F)F. The number of ether oxygens (including phenoxy) is 2. The van der Waals surface area contributed by atoms with Gasteiger partial charge in [-0.1, -0.05) is 15.9 Å². The number of hydrogen-bond acceptors (Lipinski definition) is 3. The highest BCUT2D eigenvalue weighted by molar-refractivity contribution is 9.08. The van der Waals surface area contributed by atoms with Gasteiger partial charge in [0.1, 0.15) is 0 Å². The van der Waals surface area contributed by atoms with Crippen LogP contribution < -0.4 is 9.47 Å². The van der Waals surface area contributed by atoms with Crippen LogP contribution in [0.25, 0.3) is 0 Å². The Balaban J connectivity index is 3.27. The minimum atomic E-state index is -5.01. The Hall–Kier alpha value is -1.12. The van der Waals surface area contributed by atoms with E-state index in [1.54, 1.807) is 0 Å². The summed E-state index contributed by atoms with van der Waals surface area (Å²) in [5.74, 6) is -1.41. The molecule has 3 nitrogen and oxygen atoms in total. The summed E-state index contributed by atoms with van der Waals surface area (Å²) in [7, 11) is 1.06. The van der Waals surface area contributed by atoms with Crippen LogP contribution in [0.4, 0.5) is 22.0 Å². The van der Waals surface area contributed by atoms with Crippen molar-refractivity contribution in [3.8, 4) is 11.6 Å². The van der Waals surface area contributed by atoms with Gasteiger partial charge in [-0.25, -0.2) is 13.8 Å². The minimum absolute atomic E-state index is 0.0463. The maximum Gasteiger partial charge on any atom is 0.573 e. The first-order valence-electron chi connectivity index (χ1n) is 4.46. The molecule has 0 aliphatic rings. The van der Waals surface area contributed by atoms with Crippen LogP contribution in [0.3, 0.4) is 0 Å². The average molecular weight is 336 g/mol. The zero-order valence-corrected chi connectivity index (χ0v) is 10.5. The molecule has 0 saturated carbocycles. The van der Waals surface area contributed by atoms with Crippen molar-refractivity contribution in [1.29, 1.82) is 0 Å². The largest absolute Gasteiger partial charge is 0.573 e. The first kappa shape index (κ1) is 14.9. The molecule has 1 rings (SSSR count). The third-order valence-electron chi connectivity index (χ3n) is 1.85. The van der Waals surface area contributed by atoms with Gasteiger partial charge in [-0.15, -0.1) is 13.2 Å². The molecule has 0 N–H and O–H groups in total. The lowest BCUT2D eigenvalue weighted by Gasteiger charge is -2.14. The number of rotatable bonds is 4. The van der Waals surface area contributed by atoms with E-state index in [2.05, 4.69) is 30.4 Å². The fourth-order valence-corrected chi connectivity index (χ4v) is 1.62. The molecule has 102 valence electrons. The zero-order valence-electron chi connectivity index (χ0n) is 8.89. The van der Waals surface area contributed by atoms with Gasteiger partial charge in [-0.3, -0.25) is 0 Å².